The maximum absolute atomic E-state index is 4.24. The predicted molar refractivity (Wildman–Crippen MR) is 83.2 cm³/mol. The molecular formula is C14H21BrN2S. The molecule has 2 rings (SSSR count). The van der Waals surface area contributed by atoms with Crippen molar-refractivity contribution in [1.29, 1.82) is 0 Å². The lowest BCUT2D eigenvalue weighted by molar-refractivity contribution is 0.376. The lowest BCUT2D eigenvalue weighted by Crippen LogP contribution is -2.31. The zero-order valence-corrected chi connectivity index (χ0v) is 13.3. The van der Waals surface area contributed by atoms with Gasteiger partial charge in [0.15, 0.2) is 0 Å². The second-order valence-electron chi connectivity index (χ2n) is 4.99. The number of pyridine rings is 1. The summed E-state index contributed by atoms with van der Waals surface area (Å²) in [5, 5.41) is 3.47. The van der Waals surface area contributed by atoms with Gasteiger partial charge < -0.3 is 5.32 Å². The van der Waals surface area contributed by atoms with Gasteiger partial charge in [-0.25, -0.2) is 0 Å². The van der Waals surface area contributed by atoms with E-state index in [2.05, 4.69) is 51.1 Å². The van der Waals surface area contributed by atoms with Crippen molar-refractivity contribution >= 4 is 27.7 Å². The van der Waals surface area contributed by atoms with Gasteiger partial charge in [-0.3, -0.25) is 4.98 Å². The van der Waals surface area contributed by atoms with Crippen LogP contribution < -0.4 is 5.32 Å². The first-order chi connectivity index (χ1) is 8.78. The lowest BCUT2D eigenvalue weighted by atomic mass is 9.91. The van der Waals surface area contributed by atoms with Crippen LogP contribution in [0.25, 0.3) is 0 Å². The SMILES string of the molecule is CNC(Cc1cncc(Br)c1)CC1CCSCC1. The highest BCUT2D eigenvalue weighted by molar-refractivity contribution is 9.10. The molecule has 1 aromatic rings. The van der Waals surface area contributed by atoms with Crippen LogP contribution >= 0.6 is 27.7 Å². The van der Waals surface area contributed by atoms with Crippen molar-refractivity contribution in [2.45, 2.75) is 31.7 Å². The van der Waals surface area contributed by atoms with Crippen LogP contribution in [0.15, 0.2) is 22.9 Å². The molecule has 1 N–H and O–H groups in total. The molecule has 18 heavy (non-hydrogen) atoms. The number of halogens is 1. The molecular weight excluding hydrogens is 308 g/mol. The summed E-state index contributed by atoms with van der Waals surface area (Å²) in [7, 11) is 2.08. The van der Waals surface area contributed by atoms with Gasteiger partial charge in [0, 0.05) is 22.9 Å². The molecule has 4 heteroatoms. The molecule has 100 valence electrons. The molecule has 0 aliphatic carbocycles. The van der Waals surface area contributed by atoms with Crippen LogP contribution in [-0.2, 0) is 6.42 Å². The molecule has 2 nitrogen and oxygen atoms in total. The first-order valence-corrected chi connectivity index (χ1v) is 8.57. The van der Waals surface area contributed by atoms with E-state index in [0.717, 1.165) is 16.8 Å². The minimum absolute atomic E-state index is 0.578. The molecule has 1 atom stereocenters. The molecule has 0 radical (unpaired) electrons. The third-order valence-corrected chi connectivity index (χ3v) is 5.09. The van der Waals surface area contributed by atoms with Crippen LogP contribution in [0.1, 0.15) is 24.8 Å². The quantitative estimate of drug-likeness (QED) is 0.895. The first kappa shape index (κ1) is 14.4. The molecule has 1 aliphatic heterocycles. The molecule has 1 aromatic heterocycles. The molecule has 1 aliphatic rings. The van der Waals surface area contributed by atoms with Gasteiger partial charge in [0.25, 0.3) is 0 Å². The van der Waals surface area contributed by atoms with Gasteiger partial charge in [-0.05, 0) is 77.7 Å². The van der Waals surface area contributed by atoms with Crippen LogP contribution in [0.3, 0.4) is 0 Å². The van der Waals surface area contributed by atoms with Crippen LogP contribution in [0.2, 0.25) is 0 Å². The van der Waals surface area contributed by atoms with E-state index in [4.69, 9.17) is 0 Å². The van der Waals surface area contributed by atoms with Crippen molar-refractivity contribution in [2.24, 2.45) is 5.92 Å². The Labute approximate surface area is 122 Å². The molecule has 0 amide bonds. The number of nitrogens with zero attached hydrogens (tertiary/aromatic N) is 1. The summed E-state index contributed by atoms with van der Waals surface area (Å²) in [5.74, 6) is 3.60. The third kappa shape index (κ3) is 4.56. The first-order valence-electron chi connectivity index (χ1n) is 6.62. The molecule has 0 saturated carbocycles. The summed E-state index contributed by atoms with van der Waals surface area (Å²) in [5.41, 5.74) is 1.31. The normalized spacial score (nSPS) is 18.8. The van der Waals surface area contributed by atoms with E-state index in [1.165, 1.54) is 36.3 Å². The Balaban J connectivity index is 1.88. The van der Waals surface area contributed by atoms with Crippen molar-refractivity contribution < 1.29 is 0 Å². The molecule has 1 saturated heterocycles. The number of thioether (sulfide) groups is 1. The summed E-state index contributed by atoms with van der Waals surface area (Å²) in [6, 6.07) is 2.75. The summed E-state index contributed by atoms with van der Waals surface area (Å²) >= 11 is 5.59. The Morgan fingerprint density at radius 1 is 1.44 bits per heavy atom. The van der Waals surface area contributed by atoms with Crippen LogP contribution in [0.5, 0.6) is 0 Å². The number of hydrogen-bond acceptors (Lipinski definition) is 3. The van der Waals surface area contributed by atoms with Crippen molar-refractivity contribution in [3.63, 3.8) is 0 Å². The van der Waals surface area contributed by atoms with Gasteiger partial charge in [0.2, 0.25) is 0 Å². The van der Waals surface area contributed by atoms with E-state index in [0.29, 0.717) is 6.04 Å². The molecule has 0 aromatic carbocycles. The molecule has 1 unspecified atom stereocenters. The third-order valence-electron chi connectivity index (χ3n) is 3.61. The fourth-order valence-corrected chi connectivity index (χ4v) is 4.16. The number of likely N-dealkylation sites (N-methyl/N-ethyl adjacent to an activating group) is 1. The van der Waals surface area contributed by atoms with Gasteiger partial charge in [0.05, 0.1) is 0 Å². The topological polar surface area (TPSA) is 24.9 Å². The Morgan fingerprint density at radius 2 is 2.22 bits per heavy atom. The summed E-state index contributed by atoms with van der Waals surface area (Å²) in [6.45, 7) is 0. The standard InChI is InChI=1S/C14H21BrN2S/c1-16-14(7-11-2-4-18-5-3-11)8-12-6-13(15)10-17-9-12/h6,9-11,14,16H,2-5,7-8H2,1H3. The predicted octanol–water partition coefficient (Wildman–Crippen LogP) is 3.51. The van der Waals surface area contributed by atoms with Crippen molar-refractivity contribution in [3.8, 4) is 0 Å². The molecule has 0 spiro atoms. The van der Waals surface area contributed by atoms with Gasteiger partial charge >= 0.3 is 0 Å². The average molecular weight is 329 g/mol. The second kappa shape index (κ2) is 7.51. The smallest absolute Gasteiger partial charge is 0.0410 e. The number of rotatable bonds is 5. The summed E-state index contributed by atoms with van der Waals surface area (Å²) in [4.78, 5) is 4.24. The van der Waals surface area contributed by atoms with Gasteiger partial charge in [-0.1, -0.05) is 0 Å². The van der Waals surface area contributed by atoms with Crippen molar-refractivity contribution in [3.05, 3.63) is 28.5 Å². The Bertz CT molecular complexity index is 367. The monoisotopic (exact) mass is 328 g/mol. The highest BCUT2D eigenvalue weighted by Crippen LogP contribution is 2.27. The zero-order valence-electron chi connectivity index (χ0n) is 10.9. The van der Waals surface area contributed by atoms with E-state index in [-0.39, 0.29) is 0 Å². The van der Waals surface area contributed by atoms with Crippen molar-refractivity contribution in [2.75, 3.05) is 18.6 Å². The van der Waals surface area contributed by atoms with E-state index in [9.17, 15) is 0 Å². The maximum Gasteiger partial charge on any atom is 0.0410 e. The zero-order chi connectivity index (χ0) is 12.8. The number of aromatic nitrogens is 1. The fourth-order valence-electron chi connectivity index (χ4n) is 2.54. The van der Waals surface area contributed by atoms with E-state index >= 15 is 0 Å². The van der Waals surface area contributed by atoms with E-state index < -0.39 is 0 Å². The maximum atomic E-state index is 4.24. The minimum Gasteiger partial charge on any atom is -0.317 e. The van der Waals surface area contributed by atoms with E-state index in [1.807, 2.05) is 12.4 Å². The van der Waals surface area contributed by atoms with E-state index in [1.54, 1.807) is 0 Å². The van der Waals surface area contributed by atoms with Crippen molar-refractivity contribution in [1.82, 2.24) is 10.3 Å². The number of nitrogens with one attached hydrogen (secondary N) is 1. The molecule has 0 bridgehead atoms. The molecule has 2 heterocycles. The Morgan fingerprint density at radius 3 is 2.89 bits per heavy atom. The average Bonchev–Trinajstić information content (AvgIpc) is 2.39. The van der Waals surface area contributed by atoms with Crippen LogP contribution in [-0.4, -0.2) is 29.6 Å². The van der Waals surface area contributed by atoms with Crippen LogP contribution in [0.4, 0.5) is 0 Å². The minimum atomic E-state index is 0.578. The summed E-state index contributed by atoms with van der Waals surface area (Å²) < 4.78 is 1.07. The second-order valence-corrected chi connectivity index (χ2v) is 7.13. The molecule has 1 fully saturated rings. The van der Waals surface area contributed by atoms with Gasteiger partial charge in [0.1, 0.15) is 0 Å². The number of hydrogen-bond donors (Lipinski definition) is 1. The Hall–Kier alpha value is -0.0600. The fraction of sp³-hybridized carbons (Fsp3) is 0.643. The van der Waals surface area contributed by atoms with Crippen LogP contribution in [0, 0.1) is 5.92 Å². The lowest BCUT2D eigenvalue weighted by Gasteiger charge is -2.26. The largest absolute Gasteiger partial charge is 0.317 e. The van der Waals surface area contributed by atoms with Gasteiger partial charge in [-0.2, -0.15) is 11.8 Å². The Kier molecular flexibility index (Phi) is 5.99. The highest BCUT2D eigenvalue weighted by atomic mass is 79.9. The highest BCUT2D eigenvalue weighted by Gasteiger charge is 2.18. The van der Waals surface area contributed by atoms with Gasteiger partial charge in [-0.15, -0.1) is 0 Å². The summed E-state index contributed by atoms with van der Waals surface area (Å²) in [6.07, 6.45) is 8.97.